The summed E-state index contributed by atoms with van der Waals surface area (Å²) in [5.41, 5.74) is 16.9. The van der Waals surface area contributed by atoms with Crippen molar-refractivity contribution in [2.75, 3.05) is 27.4 Å². The topological polar surface area (TPSA) is 137 Å². The fraction of sp³-hybridized carbons (Fsp3) is 0.472. The van der Waals surface area contributed by atoms with Gasteiger partial charge >= 0.3 is 0 Å². The van der Waals surface area contributed by atoms with Gasteiger partial charge in [0, 0.05) is 61.8 Å². The van der Waals surface area contributed by atoms with Crippen LogP contribution < -0.4 is 30.4 Å². The van der Waals surface area contributed by atoms with Gasteiger partial charge in [0.05, 0.1) is 44.4 Å². The summed E-state index contributed by atoms with van der Waals surface area (Å²) < 4.78 is 23.6. The Kier molecular flexibility index (Phi) is 8.80. The van der Waals surface area contributed by atoms with Crippen LogP contribution in [0.5, 0.6) is 23.0 Å². The van der Waals surface area contributed by atoms with Crippen molar-refractivity contribution in [1.29, 1.82) is 0 Å². The normalized spacial score (nSPS) is 25.9. The number of rotatable bonds is 10. The fourth-order valence-corrected chi connectivity index (χ4v) is 6.98. The Morgan fingerprint density at radius 1 is 0.787 bits per heavy atom. The molecular formula is C36H46N6O5. The van der Waals surface area contributed by atoms with E-state index in [4.69, 9.17) is 35.4 Å². The number of carbonyl (C=O) groups is 1. The molecule has 4 aliphatic heterocycles. The smallest absolute Gasteiger partial charge is 0.261 e. The molecule has 0 bridgehead atoms. The van der Waals surface area contributed by atoms with Crippen LogP contribution in [0.4, 0.5) is 11.4 Å². The number of ether oxygens (including phenoxy) is 4. The van der Waals surface area contributed by atoms with Crippen LogP contribution in [0, 0.1) is 0 Å². The van der Waals surface area contributed by atoms with Crippen LogP contribution in [-0.2, 0) is 0 Å². The van der Waals surface area contributed by atoms with Crippen LogP contribution in [0.25, 0.3) is 0 Å². The van der Waals surface area contributed by atoms with Gasteiger partial charge in [-0.15, -0.1) is 0 Å². The minimum atomic E-state index is -0.968. The van der Waals surface area contributed by atoms with Crippen molar-refractivity contribution in [3.8, 4) is 23.0 Å². The Hall–Kier alpha value is -4.35. The Morgan fingerprint density at radius 3 is 2.04 bits per heavy atom. The number of amides is 1. The van der Waals surface area contributed by atoms with Gasteiger partial charge < -0.3 is 35.3 Å². The van der Waals surface area contributed by atoms with Crippen molar-refractivity contribution >= 4 is 29.7 Å². The number of hydrogen-bond acceptors (Lipinski definition) is 10. The Bertz CT molecular complexity index is 1680. The van der Waals surface area contributed by atoms with Crippen molar-refractivity contribution in [3.05, 3.63) is 58.9 Å². The largest absolute Gasteiger partial charge is 0.493 e. The van der Waals surface area contributed by atoms with Gasteiger partial charge in [0.1, 0.15) is 11.3 Å². The van der Waals surface area contributed by atoms with Crippen LogP contribution in [0.1, 0.15) is 81.6 Å². The lowest BCUT2D eigenvalue weighted by molar-refractivity contribution is 0.0755. The van der Waals surface area contributed by atoms with E-state index in [9.17, 15) is 4.79 Å². The molecule has 0 saturated carbocycles. The molecule has 2 aromatic carbocycles. The van der Waals surface area contributed by atoms with Crippen molar-refractivity contribution in [1.82, 2.24) is 9.80 Å². The molecular weight excluding hydrogens is 596 g/mol. The lowest BCUT2D eigenvalue weighted by Crippen LogP contribution is -2.57. The van der Waals surface area contributed by atoms with E-state index in [1.807, 2.05) is 25.3 Å². The molecule has 11 nitrogen and oxygen atoms in total. The molecule has 0 aliphatic carbocycles. The van der Waals surface area contributed by atoms with Gasteiger partial charge in [-0.25, -0.2) is 0 Å². The number of unbranched alkanes of at least 4 members (excludes halogenated alkanes) is 2. The first-order chi connectivity index (χ1) is 22.5. The molecule has 4 N–H and O–H groups in total. The molecule has 4 heterocycles. The molecule has 11 heteroatoms. The number of nitrogens with zero attached hydrogens (tertiary/aromatic N) is 4. The van der Waals surface area contributed by atoms with E-state index in [1.165, 1.54) is 5.57 Å². The summed E-state index contributed by atoms with van der Waals surface area (Å²) >= 11 is 0. The maximum Gasteiger partial charge on any atom is 0.261 e. The van der Waals surface area contributed by atoms with E-state index >= 15 is 0 Å². The molecule has 4 atom stereocenters. The summed E-state index contributed by atoms with van der Waals surface area (Å²) in [6.45, 7) is 9.47. The minimum Gasteiger partial charge on any atom is -0.493 e. The summed E-state index contributed by atoms with van der Waals surface area (Å²) in [4.78, 5) is 26.5. The van der Waals surface area contributed by atoms with Crippen LogP contribution in [0.2, 0.25) is 0 Å². The molecule has 1 amide bonds. The van der Waals surface area contributed by atoms with Gasteiger partial charge in [-0.1, -0.05) is 18.1 Å². The van der Waals surface area contributed by atoms with Gasteiger partial charge in [-0.2, -0.15) is 0 Å². The third-order valence-electron chi connectivity index (χ3n) is 9.62. The van der Waals surface area contributed by atoms with Gasteiger partial charge in [-0.3, -0.25) is 19.7 Å². The van der Waals surface area contributed by atoms with E-state index in [2.05, 4.69) is 36.9 Å². The number of carbonyl (C=O) groups excluding carboxylic acids is 1. The highest BCUT2D eigenvalue weighted by Gasteiger charge is 2.42. The van der Waals surface area contributed by atoms with E-state index in [0.717, 1.165) is 42.5 Å². The highest BCUT2D eigenvalue weighted by atomic mass is 16.5. The summed E-state index contributed by atoms with van der Waals surface area (Å²) in [5.74, 6) is 2.34. The second-order valence-electron chi connectivity index (χ2n) is 13.3. The Balaban J connectivity index is 1.05. The van der Waals surface area contributed by atoms with Crippen molar-refractivity contribution in [2.45, 2.75) is 83.1 Å². The quantitative estimate of drug-likeness (QED) is 0.305. The van der Waals surface area contributed by atoms with Crippen LogP contribution in [0.15, 0.2) is 57.8 Å². The standard InChI is InChI=1S/C36H46N6O5/c1-22-16-35(37)20-39-28-14-32(30(44-5)12-26(28)24(3)25(4)41(35)18-22)46-10-8-7-9-11-47-33-15-29-27(13-31(33)45-6)34(43)42-19-23(2)17-36(42,38)21-40-29/h12-15,18-21,24-25H,7-11,16-17,37-38H2,1-6H3/t24?,25?,35-,36-/m0/s1. The molecule has 0 saturated heterocycles. The average molecular weight is 643 g/mol. The number of methoxy groups -OCH3 is 2. The molecule has 0 spiro atoms. The van der Waals surface area contributed by atoms with Crippen LogP contribution in [-0.4, -0.2) is 72.9 Å². The zero-order chi connectivity index (χ0) is 33.5. The van der Waals surface area contributed by atoms with Crippen molar-refractivity contribution < 1.29 is 23.7 Å². The Morgan fingerprint density at radius 2 is 1.36 bits per heavy atom. The minimum absolute atomic E-state index is 0.178. The first-order valence-corrected chi connectivity index (χ1v) is 16.3. The van der Waals surface area contributed by atoms with E-state index in [0.29, 0.717) is 53.9 Å². The number of nitrogens with two attached hydrogens (primary N) is 2. The predicted octanol–water partition coefficient (Wildman–Crippen LogP) is 5.92. The first kappa shape index (κ1) is 32.6. The maximum atomic E-state index is 13.3. The third kappa shape index (κ3) is 6.09. The van der Waals surface area contributed by atoms with E-state index < -0.39 is 11.3 Å². The number of aliphatic imine (C=N–C) groups is 2. The molecule has 0 aromatic heterocycles. The second-order valence-corrected chi connectivity index (χ2v) is 13.3. The summed E-state index contributed by atoms with van der Waals surface area (Å²) in [6.07, 6.45) is 11.3. The highest BCUT2D eigenvalue weighted by molar-refractivity contribution is 6.05. The lowest BCUT2D eigenvalue weighted by Gasteiger charge is -2.42. The van der Waals surface area contributed by atoms with Crippen molar-refractivity contribution in [2.24, 2.45) is 21.5 Å². The second kappa shape index (κ2) is 12.7. The average Bonchev–Trinajstić information content (AvgIpc) is 3.50. The molecule has 0 radical (unpaired) electrons. The van der Waals surface area contributed by atoms with Gasteiger partial charge in [-0.05, 0) is 57.7 Å². The molecule has 2 unspecified atom stereocenters. The fourth-order valence-electron chi connectivity index (χ4n) is 6.98. The van der Waals surface area contributed by atoms with Gasteiger partial charge in [0.25, 0.3) is 5.91 Å². The summed E-state index contributed by atoms with van der Waals surface area (Å²) in [5, 5.41) is 0. The van der Waals surface area contributed by atoms with Crippen LogP contribution >= 0.6 is 0 Å². The molecule has 4 aliphatic rings. The molecule has 250 valence electrons. The Labute approximate surface area is 276 Å². The van der Waals surface area contributed by atoms with Gasteiger partial charge in [0.2, 0.25) is 0 Å². The number of benzene rings is 2. The monoisotopic (exact) mass is 642 g/mol. The number of hydrogen-bond donors (Lipinski definition) is 2. The molecule has 6 rings (SSSR count). The maximum absolute atomic E-state index is 13.3. The third-order valence-corrected chi connectivity index (χ3v) is 9.62. The van der Waals surface area contributed by atoms with E-state index in [1.54, 1.807) is 43.7 Å². The zero-order valence-electron chi connectivity index (χ0n) is 28.2. The molecule has 2 aromatic rings. The predicted molar refractivity (Wildman–Crippen MR) is 184 cm³/mol. The SMILES string of the molecule is COc1cc2c(cc1OCCCCCOc1cc3c(cc1OC)C(C)C(C)N1C=C(C)C[C@@]1(N)C=N3)N=C[C@]1(N)CC(C)=CN1C2=O. The van der Waals surface area contributed by atoms with E-state index in [-0.39, 0.29) is 17.9 Å². The summed E-state index contributed by atoms with van der Waals surface area (Å²) in [7, 11) is 3.22. The first-order valence-electron chi connectivity index (χ1n) is 16.3. The molecule has 0 fully saturated rings. The molecule has 47 heavy (non-hydrogen) atoms. The summed E-state index contributed by atoms with van der Waals surface area (Å²) in [6, 6.07) is 7.63. The van der Waals surface area contributed by atoms with Crippen LogP contribution in [0.3, 0.4) is 0 Å². The van der Waals surface area contributed by atoms with Gasteiger partial charge in [0.15, 0.2) is 23.0 Å². The van der Waals surface area contributed by atoms with Crippen molar-refractivity contribution in [3.63, 3.8) is 0 Å². The zero-order valence-corrected chi connectivity index (χ0v) is 28.2. The lowest BCUT2D eigenvalue weighted by atomic mass is 9.89. The number of fused-ring (bicyclic) bond motifs is 4. The highest BCUT2D eigenvalue weighted by Crippen LogP contribution is 2.44.